The molecule has 1 aromatic carbocycles. The van der Waals surface area contributed by atoms with Crippen LogP contribution in [0.2, 0.25) is 6.32 Å². The van der Waals surface area contributed by atoms with Crippen LogP contribution in [0.25, 0.3) is 32.9 Å². The maximum absolute atomic E-state index is 6.01. The van der Waals surface area contributed by atoms with Gasteiger partial charge >= 0.3 is 0 Å². The number of hydrogen-bond donors (Lipinski definition) is 2. The molecular weight excluding hydrogens is 395 g/mol. The maximum atomic E-state index is 6.01. The number of rotatable bonds is 9. The molecule has 0 aliphatic heterocycles. The maximum Gasteiger partial charge on any atom is 0.125 e. The third-order valence-electron chi connectivity index (χ3n) is 6.19. The second kappa shape index (κ2) is 8.95. The fourth-order valence-corrected chi connectivity index (χ4v) is 3.68. The smallest absolute Gasteiger partial charge is 0.125 e. The van der Waals surface area contributed by atoms with Crippen LogP contribution in [0.1, 0.15) is 27.7 Å². The summed E-state index contributed by atoms with van der Waals surface area (Å²) < 4.78 is 6.01. The molecule has 0 spiro atoms. The number of pyridine rings is 2. The summed E-state index contributed by atoms with van der Waals surface area (Å²) in [4.78, 5) is 12.4. The first-order chi connectivity index (χ1) is 15.3. The van der Waals surface area contributed by atoms with Crippen molar-refractivity contribution in [1.29, 1.82) is 0 Å². The molecule has 0 saturated carbocycles. The first kappa shape index (κ1) is 22.3. The van der Waals surface area contributed by atoms with Gasteiger partial charge in [0.25, 0.3) is 0 Å². The SMILES string of the molecule is BCC(C)(C)COCC(C)(C)CNc1ccc(-c2ccc3c(c2)[nH]c2ccncc23)cn1. The van der Waals surface area contributed by atoms with Crippen LogP contribution in [-0.4, -0.2) is 42.6 Å². The molecule has 0 aliphatic rings. The summed E-state index contributed by atoms with van der Waals surface area (Å²) in [5, 5.41) is 5.81. The van der Waals surface area contributed by atoms with E-state index in [1.54, 1.807) is 0 Å². The van der Waals surface area contributed by atoms with Gasteiger partial charge in [0.15, 0.2) is 0 Å². The van der Waals surface area contributed by atoms with E-state index in [0.29, 0.717) is 0 Å². The van der Waals surface area contributed by atoms with E-state index in [1.165, 1.54) is 5.39 Å². The van der Waals surface area contributed by atoms with Gasteiger partial charge in [0.05, 0.1) is 13.2 Å². The van der Waals surface area contributed by atoms with E-state index in [1.807, 2.05) is 30.7 Å². The molecule has 5 nitrogen and oxygen atoms in total. The highest BCUT2D eigenvalue weighted by molar-refractivity contribution is 6.09. The quantitative estimate of drug-likeness (QED) is 0.355. The lowest BCUT2D eigenvalue weighted by Gasteiger charge is -2.28. The number of anilines is 1. The number of nitrogens with zero attached hydrogens (tertiary/aromatic N) is 2. The molecule has 4 rings (SSSR count). The molecule has 0 atom stereocenters. The van der Waals surface area contributed by atoms with Gasteiger partial charge in [-0.25, -0.2) is 4.98 Å². The van der Waals surface area contributed by atoms with E-state index in [9.17, 15) is 0 Å². The molecule has 3 aromatic heterocycles. The second-order valence-electron chi connectivity index (χ2n) is 10.3. The molecule has 32 heavy (non-hydrogen) atoms. The number of hydrogen-bond acceptors (Lipinski definition) is 4. The Morgan fingerprint density at radius 1 is 0.906 bits per heavy atom. The van der Waals surface area contributed by atoms with Crippen LogP contribution in [0.5, 0.6) is 0 Å². The molecule has 0 unspecified atom stereocenters. The van der Waals surface area contributed by atoms with E-state index in [-0.39, 0.29) is 10.8 Å². The number of nitrogens with one attached hydrogen (secondary N) is 2. The summed E-state index contributed by atoms with van der Waals surface area (Å²) in [6.45, 7) is 11.3. The highest BCUT2D eigenvalue weighted by Crippen LogP contribution is 2.29. The minimum Gasteiger partial charge on any atom is -0.380 e. The Morgan fingerprint density at radius 2 is 1.69 bits per heavy atom. The lowest BCUT2D eigenvalue weighted by Crippen LogP contribution is -2.31. The Bertz CT molecular complexity index is 1200. The normalized spacial score (nSPS) is 12.5. The van der Waals surface area contributed by atoms with Crippen molar-refractivity contribution in [3.63, 3.8) is 0 Å². The van der Waals surface area contributed by atoms with Gasteiger partial charge in [-0.15, -0.1) is 0 Å². The van der Waals surface area contributed by atoms with Crippen molar-refractivity contribution in [2.75, 3.05) is 25.1 Å². The monoisotopic (exact) mass is 428 g/mol. The molecule has 4 aromatic rings. The molecule has 0 radical (unpaired) electrons. The first-order valence-corrected chi connectivity index (χ1v) is 11.4. The number of benzene rings is 1. The zero-order chi connectivity index (χ0) is 22.8. The molecular formula is C26H33BN4O. The molecule has 0 bridgehead atoms. The highest BCUT2D eigenvalue weighted by Gasteiger charge is 2.21. The standard InChI is InChI=1S/C26H33BN4O/c1-25(2,14-27)16-32-17-26(3,4)15-30-24-8-6-19(12-29-24)18-5-7-20-21-13-28-10-9-22(21)31-23(20)11-18/h5-13,31H,14-17,27H2,1-4H3,(H,29,30). The van der Waals surface area contributed by atoms with E-state index >= 15 is 0 Å². The van der Waals surface area contributed by atoms with E-state index < -0.39 is 0 Å². The second-order valence-corrected chi connectivity index (χ2v) is 10.3. The van der Waals surface area contributed by atoms with Crippen LogP contribution in [0.4, 0.5) is 5.82 Å². The molecule has 0 saturated heterocycles. The average Bonchev–Trinajstić information content (AvgIpc) is 3.16. The van der Waals surface area contributed by atoms with Gasteiger partial charge in [0, 0.05) is 57.9 Å². The summed E-state index contributed by atoms with van der Waals surface area (Å²) in [6, 6.07) is 12.6. The third kappa shape index (κ3) is 5.13. The fourth-order valence-electron chi connectivity index (χ4n) is 3.68. The third-order valence-corrected chi connectivity index (χ3v) is 6.19. The van der Waals surface area contributed by atoms with Gasteiger partial charge in [-0.05, 0) is 35.2 Å². The number of H-pyrrole nitrogens is 1. The molecule has 6 heteroatoms. The van der Waals surface area contributed by atoms with Crippen molar-refractivity contribution < 1.29 is 4.74 Å². The van der Waals surface area contributed by atoms with Crippen LogP contribution in [0.3, 0.4) is 0 Å². The molecule has 0 fully saturated rings. The molecule has 0 amide bonds. The van der Waals surface area contributed by atoms with Crippen LogP contribution in [-0.2, 0) is 4.74 Å². The van der Waals surface area contributed by atoms with E-state index in [0.717, 1.165) is 59.4 Å². The van der Waals surface area contributed by atoms with E-state index in [2.05, 4.69) is 80.1 Å². The minimum atomic E-state index is 0.0275. The summed E-state index contributed by atoms with van der Waals surface area (Å²) in [7, 11) is 2.21. The number of ether oxygens (including phenoxy) is 1. The van der Waals surface area contributed by atoms with Crippen LogP contribution >= 0.6 is 0 Å². The predicted octanol–water partition coefficient (Wildman–Crippen LogP) is 5.31. The summed E-state index contributed by atoms with van der Waals surface area (Å²) >= 11 is 0. The molecule has 2 N–H and O–H groups in total. The summed E-state index contributed by atoms with van der Waals surface area (Å²) in [5.74, 6) is 0.883. The van der Waals surface area contributed by atoms with Crippen LogP contribution in [0, 0.1) is 10.8 Å². The van der Waals surface area contributed by atoms with Crippen molar-refractivity contribution in [3.8, 4) is 11.1 Å². The Morgan fingerprint density at radius 3 is 2.44 bits per heavy atom. The van der Waals surface area contributed by atoms with Crippen molar-refractivity contribution in [2.24, 2.45) is 10.8 Å². The number of aromatic amines is 1. The van der Waals surface area contributed by atoms with Crippen molar-refractivity contribution in [1.82, 2.24) is 15.0 Å². The Hall–Kier alpha value is -2.86. The zero-order valence-corrected chi connectivity index (χ0v) is 19.8. The summed E-state index contributed by atoms with van der Waals surface area (Å²) in [5.41, 5.74) is 4.71. The van der Waals surface area contributed by atoms with E-state index in [4.69, 9.17) is 4.74 Å². The van der Waals surface area contributed by atoms with Gasteiger partial charge in [-0.1, -0.05) is 46.1 Å². The predicted molar refractivity (Wildman–Crippen MR) is 137 cm³/mol. The summed E-state index contributed by atoms with van der Waals surface area (Å²) in [6.07, 6.45) is 6.77. The van der Waals surface area contributed by atoms with Crippen molar-refractivity contribution in [3.05, 3.63) is 55.0 Å². The topological polar surface area (TPSA) is 62.8 Å². The van der Waals surface area contributed by atoms with Gasteiger partial charge in [-0.2, -0.15) is 0 Å². The first-order valence-electron chi connectivity index (χ1n) is 11.4. The Labute approximate surface area is 191 Å². The lowest BCUT2D eigenvalue weighted by molar-refractivity contribution is 0.0258. The number of fused-ring (bicyclic) bond motifs is 3. The Balaban J connectivity index is 1.39. The van der Waals surface area contributed by atoms with Gasteiger partial charge in [0.2, 0.25) is 0 Å². The Kier molecular flexibility index (Phi) is 6.25. The van der Waals surface area contributed by atoms with Crippen molar-refractivity contribution >= 4 is 35.5 Å². The number of aromatic nitrogens is 3. The average molecular weight is 428 g/mol. The van der Waals surface area contributed by atoms with Crippen molar-refractivity contribution in [2.45, 2.75) is 34.0 Å². The fraction of sp³-hybridized carbons (Fsp3) is 0.385. The van der Waals surface area contributed by atoms with Crippen LogP contribution in [0.15, 0.2) is 55.0 Å². The molecule has 0 aliphatic carbocycles. The molecule has 166 valence electrons. The van der Waals surface area contributed by atoms with Gasteiger partial charge in [0.1, 0.15) is 13.7 Å². The zero-order valence-electron chi connectivity index (χ0n) is 19.8. The molecule has 3 heterocycles. The minimum absolute atomic E-state index is 0.0275. The lowest BCUT2D eigenvalue weighted by atomic mass is 9.80. The van der Waals surface area contributed by atoms with Gasteiger partial charge in [-0.3, -0.25) is 4.98 Å². The van der Waals surface area contributed by atoms with Gasteiger partial charge < -0.3 is 15.0 Å². The largest absolute Gasteiger partial charge is 0.380 e. The highest BCUT2D eigenvalue weighted by atomic mass is 16.5. The van der Waals surface area contributed by atoms with Crippen LogP contribution < -0.4 is 5.32 Å².